The van der Waals surface area contributed by atoms with E-state index in [0.717, 1.165) is 28.5 Å². The molecule has 0 radical (unpaired) electrons. The minimum Gasteiger partial charge on any atom is -0.497 e. The van der Waals surface area contributed by atoms with E-state index in [2.05, 4.69) is 60.3 Å². The summed E-state index contributed by atoms with van der Waals surface area (Å²) >= 11 is 0. The standard InChI is InChI=1S/C21H23N3O/c1-21(2,3)16-7-9-17(10-8-16)24-20-13-19(22-14-23-20)15-5-11-18(25-4)12-6-15/h5-14H,1-4H3,(H,22,23,24). The minimum absolute atomic E-state index is 0.148. The molecule has 25 heavy (non-hydrogen) atoms. The normalized spacial score (nSPS) is 11.2. The highest BCUT2D eigenvalue weighted by molar-refractivity contribution is 5.65. The molecule has 128 valence electrons. The van der Waals surface area contributed by atoms with E-state index in [1.165, 1.54) is 5.56 Å². The number of aromatic nitrogens is 2. The summed E-state index contributed by atoms with van der Waals surface area (Å²) in [6.45, 7) is 6.63. The first kappa shape index (κ1) is 17.0. The van der Waals surface area contributed by atoms with E-state index in [0.29, 0.717) is 0 Å². The minimum atomic E-state index is 0.148. The summed E-state index contributed by atoms with van der Waals surface area (Å²) in [4.78, 5) is 8.68. The van der Waals surface area contributed by atoms with Crippen LogP contribution < -0.4 is 10.1 Å². The lowest BCUT2D eigenvalue weighted by Crippen LogP contribution is -2.10. The van der Waals surface area contributed by atoms with Crippen molar-refractivity contribution in [3.63, 3.8) is 0 Å². The molecule has 0 unspecified atom stereocenters. The Morgan fingerprint density at radius 1 is 0.880 bits per heavy atom. The lowest BCUT2D eigenvalue weighted by atomic mass is 9.87. The van der Waals surface area contributed by atoms with E-state index in [-0.39, 0.29) is 5.41 Å². The molecule has 3 rings (SSSR count). The van der Waals surface area contributed by atoms with Crippen molar-refractivity contribution in [2.24, 2.45) is 0 Å². The zero-order valence-corrected chi connectivity index (χ0v) is 15.1. The molecular weight excluding hydrogens is 310 g/mol. The highest BCUT2D eigenvalue weighted by Gasteiger charge is 2.12. The van der Waals surface area contributed by atoms with E-state index in [9.17, 15) is 0 Å². The number of methoxy groups -OCH3 is 1. The Balaban J connectivity index is 1.79. The van der Waals surface area contributed by atoms with E-state index >= 15 is 0 Å². The van der Waals surface area contributed by atoms with Gasteiger partial charge in [0.25, 0.3) is 0 Å². The smallest absolute Gasteiger partial charge is 0.134 e. The monoisotopic (exact) mass is 333 g/mol. The van der Waals surface area contributed by atoms with Crippen molar-refractivity contribution in [2.45, 2.75) is 26.2 Å². The van der Waals surface area contributed by atoms with Gasteiger partial charge >= 0.3 is 0 Å². The molecule has 4 heteroatoms. The maximum absolute atomic E-state index is 5.20. The molecule has 0 saturated heterocycles. The maximum atomic E-state index is 5.20. The van der Waals surface area contributed by atoms with Gasteiger partial charge in [0.15, 0.2) is 0 Å². The van der Waals surface area contributed by atoms with Gasteiger partial charge in [0, 0.05) is 17.3 Å². The van der Waals surface area contributed by atoms with Crippen LogP contribution >= 0.6 is 0 Å². The third-order valence-corrected chi connectivity index (χ3v) is 4.08. The van der Waals surface area contributed by atoms with Gasteiger partial charge in [-0.25, -0.2) is 9.97 Å². The fourth-order valence-corrected chi connectivity index (χ4v) is 2.55. The van der Waals surface area contributed by atoms with Crippen LogP contribution in [0.5, 0.6) is 5.75 Å². The van der Waals surface area contributed by atoms with E-state index in [1.807, 2.05) is 30.3 Å². The van der Waals surface area contributed by atoms with Crippen molar-refractivity contribution in [1.29, 1.82) is 0 Å². The lowest BCUT2D eigenvalue weighted by molar-refractivity contribution is 0.415. The molecule has 0 fully saturated rings. The Labute approximate surface area is 148 Å². The highest BCUT2D eigenvalue weighted by atomic mass is 16.5. The third-order valence-electron chi connectivity index (χ3n) is 4.08. The second-order valence-electron chi connectivity index (χ2n) is 6.97. The van der Waals surface area contributed by atoms with Gasteiger partial charge in [0.2, 0.25) is 0 Å². The maximum Gasteiger partial charge on any atom is 0.134 e. The van der Waals surface area contributed by atoms with Crippen LogP contribution in [0.3, 0.4) is 0 Å². The largest absolute Gasteiger partial charge is 0.497 e. The second-order valence-corrected chi connectivity index (χ2v) is 6.97. The van der Waals surface area contributed by atoms with Crippen molar-refractivity contribution in [2.75, 3.05) is 12.4 Å². The Hall–Kier alpha value is -2.88. The number of anilines is 2. The molecule has 0 spiro atoms. The average molecular weight is 333 g/mol. The number of rotatable bonds is 4. The van der Waals surface area contributed by atoms with Gasteiger partial charge in [-0.05, 0) is 47.4 Å². The molecule has 0 aliphatic rings. The lowest BCUT2D eigenvalue weighted by Gasteiger charge is -2.19. The van der Waals surface area contributed by atoms with Gasteiger partial charge in [-0.2, -0.15) is 0 Å². The summed E-state index contributed by atoms with van der Waals surface area (Å²) in [5.41, 5.74) is 4.35. The van der Waals surface area contributed by atoms with Gasteiger partial charge in [-0.3, -0.25) is 0 Å². The van der Waals surface area contributed by atoms with Crippen LogP contribution in [0.4, 0.5) is 11.5 Å². The molecule has 0 saturated carbocycles. The van der Waals surface area contributed by atoms with E-state index in [4.69, 9.17) is 4.74 Å². The summed E-state index contributed by atoms with van der Waals surface area (Å²) in [5.74, 6) is 1.60. The zero-order valence-electron chi connectivity index (χ0n) is 15.1. The molecular formula is C21H23N3O. The van der Waals surface area contributed by atoms with Gasteiger partial charge < -0.3 is 10.1 Å². The number of benzene rings is 2. The van der Waals surface area contributed by atoms with Crippen LogP contribution in [0.15, 0.2) is 60.9 Å². The van der Waals surface area contributed by atoms with E-state index < -0.39 is 0 Å². The van der Waals surface area contributed by atoms with Gasteiger partial charge in [0.1, 0.15) is 17.9 Å². The molecule has 4 nitrogen and oxygen atoms in total. The first-order chi connectivity index (χ1) is 12.0. The highest BCUT2D eigenvalue weighted by Crippen LogP contribution is 2.26. The first-order valence-electron chi connectivity index (χ1n) is 8.30. The van der Waals surface area contributed by atoms with Crippen molar-refractivity contribution in [3.8, 4) is 17.0 Å². The fourth-order valence-electron chi connectivity index (χ4n) is 2.55. The Kier molecular flexibility index (Phi) is 4.70. The predicted octanol–water partition coefficient (Wildman–Crippen LogP) is 5.19. The quantitative estimate of drug-likeness (QED) is 0.713. The van der Waals surface area contributed by atoms with Crippen LogP contribution in [0.1, 0.15) is 26.3 Å². The van der Waals surface area contributed by atoms with Gasteiger partial charge in [-0.15, -0.1) is 0 Å². The number of nitrogens with one attached hydrogen (secondary N) is 1. The van der Waals surface area contributed by atoms with Gasteiger partial charge in [-0.1, -0.05) is 32.9 Å². The van der Waals surface area contributed by atoms with Crippen LogP contribution in [0.2, 0.25) is 0 Å². The molecule has 2 aromatic carbocycles. The summed E-state index contributed by atoms with van der Waals surface area (Å²) in [7, 11) is 1.66. The molecule has 1 aromatic heterocycles. The van der Waals surface area contributed by atoms with Crippen molar-refractivity contribution >= 4 is 11.5 Å². The molecule has 0 atom stereocenters. The van der Waals surface area contributed by atoms with Crippen molar-refractivity contribution in [1.82, 2.24) is 9.97 Å². The molecule has 0 aliphatic heterocycles. The van der Waals surface area contributed by atoms with Crippen LogP contribution in [0.25, 0.3) is 11.3 Å². The predicted molar refractivity (Wildman–Crippen MR) is 102 cm³/mol. The summed E-state index contributed by atoms with van der Waals surface area (Å²) in [6, 6.07) is 18.2. The fraction of sp³-hybridized carbons (Fsp3) is 0.238. The average Bonchev–Trinajstić information content (AvgIpc) is 2.62. The Morgan fingerprint density at radius 2 is 1.56 bits per heavy atom. The second kappa shape index (κ2) is 6.93. The Bertz CT molecular complexity index is 834. The molecule has 1 N–H and O–H groups in total. The zero-order chi connectivity index (χ0) is 17.9. The first-order valence-corrected chi connectivity index (χ1v) is 8.30. The topological polar surface area (TPSA) is 47.0 Å². The SMILES string of the molecule is COc1ccc(-c2cc(Nc3ccc(C(C)(C)C)cc3)ncn2)cc1. The number of hydrogen-bond acceptors (Lipinski definition) is 4. The summed E-state index contributed by atoms with van der Waals surface area (Å²) in [5, 5.41) is 3.34. The van der Waals surface area contributed by atoms with Crippen molar-refractivity contribution in [3.05, 3.63) is 66.5 Å². The summed E-state index contributed by atoms with van der Waals surface area (Å²) < 4.78 is 5.20. The van der Waals surface area contributed by atoms with Crippen LogP contribution in [-0.2, 0) is 5.41 Å². The molecule has 1 heterocycles. The van der Waals surface area contributed by atoms with E-state index in [1.54, 1.807) is 13.4 Å². The number of nitrogens with zero attached hydrogens (tertiary/aromatic N) is 2. The third kappa shape index (κ3) is 4.15. The number of hydrogen-bond donors (Lipinski definition) is 1. The molecule has 3 aromatic rings. The van der Waals surface area contributed by atoms with Crippen molar-refractivity contribution < 1.29 is 4.74 Å². The number of ether oxygens (including phenoxy) is 1. The molecule has 0 amide bonds. The summed E-state index contributed by atoms with van der Waals surface area (Å²) in [6.07, 6.45) is 1.57. The molecule has 0 bridgehead atoms. The Morgan fingerprint density at radius 3 is 2.16 bits per heavy atom. The molecule has 0 aliphatic carbocycles. The van der Waals surface area contributed by atoms with Crippen LogP contribution in [-0.4, -0.2) is 17.1 Å². The van der Waals surface area contributed by atoms with Crippen LogP contribution in [0, 0.1) is 0 Å². The van der Waals surface area contributed by atoms with Gasteiger partial charge in [0.05, 0.1) is 12.8 Å².